The van der Waals surface area contributed by atoms with Gasteiger partial charge in [-0.3, -0.25) is 4.79 Å². The number of hydrogen-bond acceptors (Lipinski definition) is 3. The van der Waals surface area contributed by atoms with E-state index in [0.29, 0.717) is 18.5 Å². The largest absolute Gasteiger partial charge is 0.406 e. The van der Waals surface area contributed by atoms with E-state index < -0.39 is 24.7 Å². The van der Waals surface area contributed by atoms with Gasteiger partial charge in [-0.05, 0) is 25.0 Å². The Bertz CT molecular complexity index is 441. The van der Waals surface area contributed by atoms with Gasteiger partial charge in [0.2, 0.25) is 0 Å². The first-order chi connectivity index (χ1) is 9.28. The molecule has 0 aliphatic carbocycles. The van der Waals surface area contributed by atoms with Crippen molar-refractivity contribution in [3.05, 3.63) is 24.0 Å². The summed E-state index contributed by atoms with van der Waals surface area (Å²) in [6.45, 7) is 2.23. The molecular formula is C13H18F3N3O. The standard InChI is InChI=1S/C13H18F3N3O/c1-3-10(4-2)19(8-13(14,15)16)12(20)11-6-5-9(17)7-18-11/h5-7,10H,3-4,8,17H2,1-2H3. The first kappa shape index (κ1) is 16.3. The van der Waals surface area contributed by atoms with E-state index in [2.05, 4.69) is 4.98 Å². The molecule has 1 aromatic rings. The quantitative estimate of drug-likeness (QED) is 0.906. The fourth-order valence-electron chi connectivity index (χ4n) is 1.97. The molecule has 4 nitrogen and oxygen atoms in total. The molecule has 0 aromatic carbocycles. The highest BCUT2D eigenvalue weighted by molar-refractivity contribution is 5.92. The topological polar surface area (TPSA) is 59.2 Å². The summed E-state index contributed by atoms with van der Waals surface area (Å²) in [5.41, 5.74) is 5.77. The second-order valence-electron chi connectivity index (χ2n) is 4.50. The third-order valence-electron chi connectivity index (χ3n) is 3.00. The normalized spacial score (nSPS) is 11.7. The summed E-state index contributed by atoms with van der Waals surface area (Å²) in [7, 11) is 0. The van der Waals surface area contributed by atoms with Crippen LogP contribution in [0.25, 0.3) is 0 Å². The van der Waals surface area contributed by atoms with Crippen molar-refractivity contribution < 1.29 is 18.0 Å². The molecule has 0 saturated heterocycles. The van der Waals surface area contributed by atoms with E-state index in [-0.39, 0.29) is 5.69 Å². The van der Waals surface area contributed by atoms with Crippen LogP contribution in [0.3, 0.4) is 0 Å². The molecule has 7 heteroatoms. The number of nitrogens with two attached hydrogens (primary N) is 1. The van der Waals surface area contributed by atoms with Gasteiger partial charge >= 0.3 is 6.18 Å². The zero-order chi connectivity index (χ0) is 15.3. The zero-order valence-corrected chi connectivity index (χ0v) is 11.4. The van der Waals surface area contributed by atoms with Crippen LogP contribution in [0.5, 0.6) is 0 Å². The lowest BCUT2D eigenvalue weighted by atomic mass is 10.1. The first-order valence-electron chi connectivity index (χ1n) is 6.37. The van der Waals surface area contributed by atoms with Gasteiger partial charge in [0, 0.05) is 6.04 Å². The minimum absolute atomic E-state index is 0.0321. The lowest BCUT2D eigenvalue weighted by Gasteiger charge is -2.31. The Labute approximate surface area is 115 Å². The third-order valence-corrected chi connectivity index (χ3v) is 3.00. The third kappa shape index (κ3) is 4.40. The summed E-state index contributed by atoms with van der Waals surface area (Å²) in [5.74, 6) is -0.726. The zero-order valence-electron chi connectivity index (χ0n) is 11.4. The van der Waals surface area contributed by atoms with Crippen LogP contribution in [0.4, 0.5) is 18.9 Å². The van der Waals surface area contributed by atoms with Crippen LogP contribution in [-0.2, 0) is 0 Å². The maximum absolute atomic E-state index is 12.6. The molecule has 2 N–H and O–H groups in total. The van der Waals surface area contributed by atoms with Gasteiger partial charge in [0.1, 0.15) is 12.2 Å². The molecule has 1 amide bonds. The molecule has 0 unspecified atom stereocenters. The van der Waals surface area contributed by atoms with Crippen LogP contribution in [-0.4, -0.2) is 34.6 Å². The maximum Gasteiger partial charge on any atom is 0.406 e. The average molecular weight is 289 g/mol. The van der Waals surface area contributed by atoms with Crippen molar-refractivity contribution in [2.75, 3.05) is 12.3 Å². The van der Waals surface area contributed by atoms with Crippen LogP contribution in [0, 0.1) is 0 Å². The fraction of sp³-hybridized carbons (Fsp3) is 0.538. The number of pyridine rings is 1. The molecule has 1 aromatic heterocycles. The van der Waals surface area contributed by atoms with Gasteiger partial charge in [-0.25, -0.2) is 4.98 Å². The Morgan fingerprint density at radius 2 is 1.95 bits per heavy atom. The summed E-state index contributed by atoms with van der Waals surface area (Å²) >= 11 is 0. The van der Waals surface area contributed by atoms with E-state index >= 15 is 0 Å². The molecule has 0 bridgehead atoms. The van der Waals surface area contributed by atoms with Crippen LogP contribution in [0.1, 0.15) is 37.2 Å². The molecule has 0 aliphatic rings. The highest BCUT2D eigenvalue weighted by Crippen LogP contribution is 2.22. The van der Waals surface area contributed by atoms with Crippen molar-refractivity contribution in [1.82, 2.24) is 9.88 Å². The van der Waals surface area contributed by atoms with Crippen LogP contribution in [0.2, 0.25) is 0 Å². The lowest BCUT2D eigenvalue weighted by molar-refractivity contribution is -0.145. The van der Waals surface area contributed by atoms with Crippen LogP contribution < -0.4 is 5.73 Å². The molecule has 1 rings (SSSR count). The summed E-state index contributed by atoms with van der Waals surface area (Å²) < 4.78 is 37.9. The van der Waals surface area contributed by atoms with Crippen molar-refractivity contribution >= 4 is 11.6 Å². The smallest absolute Gasteiger partial charge is 0.397 e. The molecule has 0 radical (unpaired) electrons. The van der Waals surface area contributed by atoms with Gasteiger partial charge in [-0.2, -0.15) is 13.2 Å². The Kier molecular flexibility index (Phi) is 5.35. The number of nitrogens with zero attached hydrogens (tertiary/aromatic N) is 2. The minimum atomic E-state index is -4.44. The summed E-state index contributed by atoms with van der Waals surface area (Å²) in [4.78, 5) is 16.8. The van der Waals surface area contributed by atoms with Crippen molar-refractivity contribution in [3.8, 4) is 0 Å². The number of rotatable bonds is 5. The van der Waals surface area contributed by atoms with Gasteiger partial charge in [0.05, 0.1) is 11.9 Å². The molecule has 0 atom stereocenters. The second kappa shape index (κ2) is 6.58. The van der Waals surface area contributed by atoms with Crippen molar-refractivity contribution in [3.63, 3.8) is 0 Å². The number of nitrogen functional groups attached to an aromatic ring is 1. The minimum Gasteiger partial charge on any atom is -0.397 e. The molecule has 0 aliphatic heterocycles. The van der Waals surface area contributed by atoms with E-state index in [9.17, 15) is 18.0 Å². The molecule has 1 heterocycles. The van der Waals surface area contributed by atoms with E-state index in [1.165, 1.54) is 18.3 Å². The predicted molar refractivity (Wildman–Crippen MR) is 70.1 cm³/mol. The highest BCUT2D eigenvalue weighted by Gasteiger charge is 2.36. The Morgan fingerprint density at radius 3 is 2.35 bits per heavy atom. The number of amides is 1. The van der Waals surface area contributed by atoms with E-state index in [0.717, 1.165) is 4.90 Å². The molecule has 20 heavy (non-hydrogen) atoms. The van der Waals surface area contributed by atoms with Crippen molar-refractivity contribution in [1.29, 1.82) is 0 Å². The van der Waals surface area contributed by atoms with E-state index in [1.54, 1.807) is 13.8 Å². The van der Waals surface area contributed by atoms with Gasteiger partial charge in [0.15, 0.2) is 0 Å². The van der Waals surface area contributed by atoms with E-state index in [1.807, 2.05) is 0 Å². The van der Waals surface area contributed by atoms with Gasteiger partial charge in [-0.15, -0.1) is 0 Å². The Balaban J connectivity index is 3.02. The monoisotopic (exact) mass is 289 g/mol. The number of aromatic nitrogens is 1. The summed E-state index contributed by atoms with van der Waals surface area (Å²) in [6.07, 6.45) is -2.28. The molecular weight excluding hydrogens is 271 g/mol. The lowest BCUT2D eigenvalue weighted by Crippen LogP contribution is -2.45. The molecule has 0 fully saturated rings. The fourth-order valence-corrected chi connectivity index (χ4v) is 1.97. The van der Waals surface area contributed by atoms with Crippen LogP contribution >= 0.6 is 0 Å². The van der Waals surface area contributed by atoms with Crippen LogP contribution in [0.15, 0.2) is 18.3 Å². The SMILES string of the molecule is CCC(CC)N(CC(F)(F)F)C(=O)c1ccc(N)cn1. The highest BCUT2D eigenvalue weighted by atomic mass is 19.4. The summed E-state index contributed by atoms with van der Waals surface area (Å²) in [6, 6.07) is 2.31. The van der Waals surface area contributed by atoms with E-state index in [4.69, 9.17) is 5.73 Å². The van der Waals surface area contributed by atoms with Gasteiger partial charge in [0.25, 0.3) is 5.91 Å². The van der Waals surface area contributed by atoms with Gasteiger partial charge < -0.3 is 10.6 Å². The molecule has 0 spiro atoms. The number of carbonyl (C=O) groups excluding carboxylic acids is 1. The Morgan fingerprint density at radius 1 is 1.35 bits per heavy atom. The van der Waals surface area contributed by atoms with Crippen molar-refractivity contribution in [2.24, 2.45) is 0 Å². The predicted octanol–water partition coefficient (Wildman–Crippen LogP) is 2.86. The first-order valence-corrected chi connectivity index (χ1v) is 6.37. The van der Waals surface area contributed by atoms with Gasteiger partial charge in [-0.1, -0.05) is 13.8 Å². The number of alkyl halides is 3. The maximum atomic E-state index is 12.6. The second-order valence-corrected chi connectivity index (χ2v) is 4.50. The molecule has 0 saturated carbocycles. The summed E-state index contributed by atoms with van der Waals surface area (Å²) in [5, 5.41) is 0. The van der Waals surface area contributed by atoms with Crippen molar-refractivity contribution in [2.45, 2.75) is 38.9 Å². The average Bonchev–Trinajstić information content (AvgIpc) is 2.37. The Hall–Kier alpha value is -1.79. The number of anilines is 1. The number of carbonyl (C=O) groups is 1. The number of hydrogen-bond donors (Lipinski definition) is 1. The molecule has 112 valence electrons. The number of halogens is 3.